The van der Waals surface area contributed by atoms with Gasteiger partial charge in [0.1, 0.15) is 12.4 Å². The molecule has 0 spiro atoms. The van der Waals surface area contributed by atoms with E-state index in [-0.39, 0.29) is 12.0 Å². The molecule has 0 bridgehead atoms. The lowest BCUT2D eigenvalue weighted by atomic mass is 9.85. The summed E-state index contributed by atoms with van der Waals surface area (Å²) < 4.78 is 5.99. The first-order valence-electron chi connectivity index (χ1n) is 7.40. The maximum Gasteiger partial charge on any atom is 0.123 e. The number of nitrogens with two attached hydrogens (primary N) is 1. The third-order valence-electron chi connectivity index (χ3n) is 4.12. The molecule has 1 aliphatic rings. The Labute approximate surface area is 122 Å². The summed E-state index contributed by atoms with van der Waals surface area (Å²) in [6.07, 6.45) is 2.20. The molecule has 20 heavy (non-hydrogen) atoms. The van der Waals surface area contributed by atoms with Crippen LogP contribution in [0, 0.1) is 12.8 Å². The molecule has 0 aliphatic heterocycles. The first-order valence-corrected chi connectivity index (χ1v) is 7.40. The molecule has 1 aromatic rings. The average molecular weight is 277 g/mol. The molecule has 0 amide bonds. The lowest BCUT2D eigenvalue weighted by molar-refractivity contribution is 0.115. The van der Waals surface area contributed by atoms with Gasteiger partial charge in [-0.15, -0.1) is 0 Å². The van der Waals surface area contributed by atoms with E-state index in [1.54, 1.807) is 0 Å². The molecule has 0 heterocycles. The lowest BCUT2D eigenvalue weighted by Gasteiger charge is -2.29. The van der Waals surface area contributed by atoms with Gasteiger partial charge in [-0.3, -0.25) is 0 Å². The molecule has 1 saturated carbocycles. The quantitative estimate of drug-likeness (QED) is 0.870. The number of aliphatic hydroxyl groups excluding tert-OH is 1. The van der Waals surface area contributed by atoms with Gasteiger partial charge >= 0.3 is 0 Å². The number of hydrogen-bond acceptors (Lipinski definition) is 3. The molecule has 3 heteroatoms. The largest absolute Gasteiger partial charge is 0.491 e. The van der Waals surface area contributed by atoms with Crippen LogP contribution in [0.3, 0.4) is 0 Å². The highest BCUT2D eigenvalue weighted by Crippen LogP contribution is 2.39. The second-order valence-corrected chi connectivity index (χ2v) is 7.20. The minimum atomic E-state index is -0.597. The maximum atomic E-state index is 9.54. The second-order valence-electron chi connectivity index (χ2n) is 7.20. The van der Waals surface area contributed by atoms with Crippen molar-refractivity contribution in [1.29, 1.82) is 0 Å². The van der Waals surface area contributed by atoms with Gasteiger partial charge in [-0.2, -0.15) is 0 Å². The van der Waals surface area contributed by atoms with Gasteiger partial charge in [-0.25, -0.2) is 0 Å². The van der Waals surface area contributed by atoms with Gasteiger partial charge in [0.2, 0.25) is 0 Å². The van der Waals surface area contributed by atoms with Crippen molar-refractivity contribution in [2.45, 2.75) is 51.5 Å². The van der Waals surface area contributed by atoms with Crippen LogP contribution in [0.25, 0.3) is 0 Å². The Balaban J connectivity index is 2.17. The summed E-state index contributed by atoms with van der Waals surface area (Å²) in [7, 11) is 0. The van der Waals surface area contributed by atoms with Crippen LogP contribution in [0.15, 0.2) is 18.2 Å². The van der Waals surface area contributed by atoms with E-state index in [2.05, 4.69) is 39.8 Å². The Morgan fingerprint density at radius 2 is 1.95 bits per heavy atom. The molecule has 1 aromatic carbocycles. The summed E-state index contributed by atoms with van der Waals surface area (Å²) >= 11 is 0. The third kappa shape index (κ3) is 3.33. The van der Waals surface area contributed by atoms with Gasteiger partial charge in [0.05, 0.1) is 12.1 Å². The van der Waals surface area contributed by atoms with Crippen LogP contribution in [0.1, 0.15) is 44.7 Å². The Hall–Kier alpha value is -1.06. The van der Waals surface area contributed by atoms with E-state index >= 15 is 0 Å². The van der Waals surface area contributed by atoms with Gasteiger partial charge in [-0.05, 0) is 42.7 Å². The first kappa shape index (κ1) is 15.3. The van der Waals surface area contributed by atoms with E-state index in [0.717, 1.165) is 18.6 Å². The molecule has 0 aromatic heterocycles. The molecule has 112 valence electrons. The minimum Gasteiger partial charge on any atom is -0.491 e. The van der Waals surface area contributed by atoms with Crippen LogP contribution in [-0.2, 0) is 5.41 Å². The highest BCUT2D eigenvalue weighted by molar-refractivity contribution is 5.41. The zero-order valence-electron chi connectivity index (χ0n) is 13.1. The van der Waals surface area contributed by atoms with Crippen molar-refractivity contribution in [3.05, 3.63) is 29.3 Å². The van der Waals surface area contributed by atoms with Gasteiger partial charge in [0.15, 0.2) is 0 Å². The highest BCUT2D eigenvalue weighted by Gasteiger charge is 2.42. The molecule has 2 rings (SSSR count). The van der Waals surface area contributed by atoms with Crippen molar-refractivity contribution in [2.24, 2.45) is 11.7 Å². The SMILES string of the molecule is Cc1ccc(OCC(N)(CO)C2CC2)c(C(C)(C)C)c1. The van der Waals surface area contributed by atoms with E-state index in [1.165, 1.54) is 11.1 Å². The predicted molar refractivity (Wildman–Crippen MR) is 82.1 cm³/mol. The van der Waals surface area contributed by atoms with Crippen molar-refractivity contribution < 1.29 is 9.84 Å². The molecule has 1 atom stereocenters. The number of rotatable bonds is 5. The average Bonchev–Trinajstić information content (AvgIpc) is 3.20. The summed E-state index contributed by atoms with van der Waals surface area (Å²) in [5.41, 5.74) is 8.11. The van der Waals surface area contributed by atoms with Crippen LogP contribution < -0.4 is 10.5 Å². The van der Waals surface area contributed by atoms with Gasteiger partial charge in [-0.1, -0.05) is 38.5 Å². The van der Waals surface area contributed by atoms with Crippen LogP contribution in [0.2, 0.25) is 0 Å². The molecule has 3 N–H and O–H groups in total. The normalized spacial score (nSPS) is 18.7. The smallest absolute Gasteiger partial charge is 0.123 e. The van der Waals surface area contributed by atoms with Crippen molar-refractivity contribution in [3.63, 3.8) is 0 Å². The summed E-state index contributed by atoms with van der Waals surface area (Å²) in [6, 6.07) is 6.24. The topological polar surface area (TPSA) is 55.5 Å². The molecule has 1 aliphatic carbocycles. The van der Waals surface area contributed by atoms with E-state index in [1.807, 2.05) is 6.07 Å². The van der Waals surface area contributed by atoms with Gasteiger partial charge < -0.3 is 15.6 Å². The molecule has 0 radical (unpaired) electrons. The standard InChI is InChI=1S/C17H27NO2/c1-12-5-8-15(14(9-12)16(2,3)4)20-11-17(18,10-19)13-6-7-13/h5,8-9,13,19H,6-7,10-11,18H2,1-4H3. The Morgan fingerprint density at radius 1 is 1.30 bits per heavy atom. The van der Waals surface area contributed by atoms with E-state index in [0.29, 0.717) is 12.5 Å². The number of aliphatic hydroxyl groups is 1. The summed E-state index contributed by atoms with van der Waals surface area (Å²) in [5, 5.41) is 9.54. The van der Waals surface area contributed by atoms with Crippen molar-refractivity contribution >= 4 is 0 Å². The van der Waals surface area contributed by atoms with Crippen LogP contribution in [-0.4, -0.2) is 23.9 Å². The lowest BCUT2D eigenvalue weighted by Crippen LogP contribution is -2.51. The molecule has 3 nitrogen and oxygen atoms in total. The van der Waals surface area contributed by atoms with Crippen LogP contribution in [0.5, 0.6) is 5.75 Å². The van der Waals surface area contributed by atoms with Crippen LogP contribution >= 0.6 is 0 Å². The molecule has 0 saturated heterocycles. The maximum absolute atomic E-state index is 9.54. The fourth-order valence-corrected chi connectivity index (χ4v) is 2.52. The van der Waals surface area contributed by atoms with E-state index in [9.17, 15) is 5.11 Å². The second kappa shape index (κ2) is 5.38. The summed E-state index contributed by atoms with van der Waals surface area (Å²) in [5.74, 6) is 1.28. The monoisotopic (exact) mass is 277 g/mol. The number of ether oxygens (including phenoxy) is 1. The summed E-state index contributed by atoms with van der Waals surface area (Å²) in [6.45, 7) is 8.98. The minimum absolute atomic E-state index is 0.0195. The Bertz CT molecular complexity index is 474. The van der Waals surface area contributed by atoms with Gasteiger partial charge in [0, 0.05) is 0 Å². The summed E-state index contributed by atoms with van der Waals surface area (Å²) in [4.78, 5) is 0. The zero-order valence-corrected chi connectivity index (χ0v) is 13.1. The molecular formula is C17H27NO2. The van der Waals surface area contributed by atoms with Crippen LogP contribution in [0.4, 0.5) is 0 Å². The number of benzene rings is 1. The van der Waals surface area contributed by atoms with Gasteiger partial charge in [0.25, 0.3) is 0 Å². The Kier molecular flexibility index (Phi) is 4.12. The third-order valence-corrected chi connectivity index (χ3v) is 4.12. The van der Waals surface area contributed by atoms with Crippen molar-refractivity contribution in [3.8, 4) is 5.75 Å². The Morgan fingerprint density at radius 3 is 2.45 bits per heavy atom. The molecule has 1 unspecified atom stereocenters. The fourth-order valence-electron chi connectivity index (χ4n) is 2.52. The van der Waals surface area contributed by atoms with Crippen molar-refractivity contribution in [1.82, 2.24) is 0 Å². The molecule has 1 fully saturated rings. The first-order chi connectivity index (χ1) is 9.26. The number of hydrogen-bond donors (Lipinski definition) is 2. The van der Waals surface area contributed by atoms with E-state index in [4.69, 9.17) is 10.5 Å². The van der Waals surface area contributed by atoms with E-state index < -0.39 is 5.54 Å². The fraction of sp³-hybridized carbons (Fsp3) is 0.647. The predicted octanol–water partition coefficient (Wildman–Crippen LogP) is 2.77. The number of aryl methyl sites for hydroxylation is 1. The van der Waals surface area contributed by atoms with Crippen molar-refractivity contribution in [2.75, 3.05) is 13.2 Å². The zero-order chi connectivity index (χ0) is 15.0. The molecular weight excluding hydrogens is 250 g/mol. The highest BCUT2D eigenvalue weighted by atomic mass is 16.5.